The highest BCUT2D eigenvalue weighted by Gasteiger charge is 2.22. The van der Waals surface area contributed by atoms with Crippen molar-refractivity contribution >= 4 is 6.09 Å². The van der Waals surface area contributed by atoms with Gasteiger partial charge in [0.25, 0.3) is 0 Å². The van der Waals surface area contributed by atoms with E-state index in [0.29, 0.717) is 5.75 Å². The number of rotatable bonds is 4. The van der Waals surface area contributed by atoms with Crippen LogP contribution in [-0.4, -0.2) is 25.3 Å². The molecular weight excluding hydrogens is 268 g/mol. The SMILES string of the molecule is COc1cc(C)c(C)cc1C(CN)NC(=O)OC(C)(C)C. The molecule has 118 valence electrons. The fourth-order valence-electron chi connectivity index (χ4n) is 1.97. The zero-order valence-electron chi connectivity index (χ0n) is 13.7. The van der Waals surface area contributed by atoms with Gasteiger partial charge < -0.3 is 20.5 Å². The molecule has 1 rings (SSSR count). The van der Waals surface area contributed by atoms with Crippen molar-refractivity contribution in [3.8, 4) is 5.75 Å². The van der Waals surface area contributed by atoms with Crippen LogP contribution in [0.5, 0.6) is 5.75 Å². The molecule has 0 fully saturated rings. The Labute approximate surface area is 126 Å². The van der Waals surface area contributed by atoms with Gasteiger partial charge in [0.2, 0.25) is 0 Å². The summed E-state index contributed by atoms with van der Waals surface area (Å²) in [4.78, 5) is 11.9. The first-order chi connectivity index (χ1) is 9.67. The van der Waals surface area contributed by atoms with Crippen LogP contribution in [-0.2, 0) is 4.74 Å². The van der Waals surface area contributed by atoms with Crippen LogP contribution in [0.4, 0.5) is 4.79 Å². The summed E-state index contributed by atoms with van der Waals surface area (Å²) in [6.07, 6.45) is -0.488. The fourth-order valence-corrected chi connectivity index (χ4v) is 1.97. The smallest absolute Gasteiger partial charge is 0.408 e. The maximum atomic E-state index is 11.9. The maximum Gasteiger partial charge on any atom is 0.408 e. The monoisotopic (exact) mass is 294 g/mol. The minimum atomic E-state index is -0.545. The Balaban J connectivity index is 3.00. The summed E-state index contributed by atoms with van der Waals surface area (Å²) in [5.74, 6) is 0.713. The Morgan fingerprint density at radius 2 is 1.86 bits per heavy atom. The van der Waals surface area contributed by atoms with Crippen molar-refractivity contribution in [3.63, 3.8) is 0 Å². The molecule has 0 aliphatic rings. The van der Waals surface area contributed by atoms with Gasteiger partial charge in [-0.15, -0.1) is 0 Å². The van der Waals surface area contributed by atoms with Gasteiger partial charge in [0.05, 0.1) is 13.2 Å². The van der Waals surface area contributed by atoms with Crippen LogP contribution in [0.3, 0.4) is 0 Å². The van der Waals surface area contributed by atoms with Gasteiger partial charge in [-0.2, -0.15) is 0 Å². The summed E-state index contributed by atoms with van der Waals surface area (Å²) in [5.41, 5.74) is 8.36. The third-order valence-corrected chi connectivity index (χ3v) is 3.15. The van der Waals surface area contributed by atoms with Crippen LogP contribution in [0, 0.1) is 13.8 Å². The summed E-state index contributed by atoms with van der Waals surface area (Å²) in [7, 11) is 1.61. The van der Waals surface area contributed by atoms with Gasteiger partial charge in [0, 0.05) is 12.1 Å². The summed E-state index contributed by atoms with van der Waals surface area (Å²) in [5, 5.41) is 2.79. The summed E-state index contributed by atoms with van der Waals surface area (Å²) >= 11 is 0. The molecule has 0 spiro atoms. The van der Waals surface area contributed by atoms with E-state index in [0.717, 1.165) is 16.7 Å². The number of methoxy groups -OCH3 is 1. The van der Waals surface area contributed by atoms with Crippen LogP contribution in [0.2, 0.25) is 0 Å². The summed E-state index contributed by atoms with van der Waals surface area (Å²) in [6, 6.07) is 3.58. The average molecular weight is 294 g/mol. The first-order valence-electron chi connectivity index (χ1n) is 7.02. The van der Waals surface area contributed by atoms with Crippen LogP contribution in [0.25, 0.3) is 0 Å². The van der Waals surface area contributed by atoms with E-state index in [4.69, 9.17) is 15.2 Å². The van der Waals surface area contributed by atoms with E-state index in [-0.39, 0.29) is 12.6 Å². The quantitative estimate of drug-likeness (QED) is 0.895. The first kappa shape index (κ1) is 17.3. The van der Waals surface area contributed by atoms with E-state index in [2.05, 4.69) is 5.32 Å². The molecular formula is C16H26N2O3. The third-order valence-electron chi connectivity index (χ3n) is 3.15. The van der Waals surface area contributed by atoms with Crippen molar-refractivity contribution in [2.24, 2.45) is 5.73 Å². The average Bonchev–Trinajstić information content (AvgIpc) is 2.36. The summed E-state index contributed by atoms with van der Waals surface area (Å²) < 4.78 is 10.7. The van der Waals surface area contributed by atoms with E-state index in [1.807, 2.05) is 46.8 Å². The molecule has 0 radical (unpaired) electrons. The van der Waals surface area contributed by atoms with Gasteiger partial charge in [-0.3, -0.25) is 0 Å². The highest BCUT2D eigenvalue weighted by Crippen LogP contribution is 2.28. The minimum Gasteiger partial charge on any atom is -0.496 e. The van der Waals surface area contributed by atoms with E-state index >= 15 is 0 Å². The number of nitrogens with two attached hydrogens (primary N) is 1. The zero-order chi connectivity index (χ0) is 16.2. The molecule has 0 saturated carbocycles. The molecule has 0 saturated heterocycles. The van der Waals surface area contributed by atoms with Crippen LogP contribution in [0.15, 0.2) is 12.1 Å². The molecule has 5 nitrogen and oxygen atoms in total. The number of nitrogens with one attached hydrogen (secondary N) is 1. The number of amides is 1. The van der Waals surface area contributed by atoms with Crippen LogP contribution < -0.4 is 15.8 Å². The standard InChI is InChI=1S/C16H26N2O3/c1-10-7-12(14(20-6)8-11(10)2)13(9-17)18-15(19)21-16(3,4)5/h7-8,13H,9,17H2,1-6H3,(H,18,19). The van der Waals surface area contributed by atoms with Gasteiger partial charge in [0.15, 0.2) is 0 Å². The lowest BCUT2D eigenvalue weighted by atomic mass is 9.99. The Morgan fingerprint density at radius 3 is 2.33 bits per heavy atom. The number of aryl methyl sites for hydroxylation is 2. The first-order valence-corrected chi connectivity index (χ1v) is 7.02. The maximum absolute atomic E-state index is 11.9. The van der Waals surface area contributed by atoms with Crippen molar-refractivity contribution in [2.45, 2.75) is 46.3 Å². The number of benzene rings is 1. The van der Waals surface area contributed by atoms with Crippen LogP contribution >= 0.6 is 0 Å². The Kier molecular flexibility index (Phi) is 5.61. The lowest BCUT2D eigenvalue weighted by Gasteiger charge is -2.24. The van der Waals surface area contributed by atoms with Gasteiger partial charge in [-0.1, -0.05) is 0 Å². The summed E-state index contributed by atoms with van der Waals surface area (Å²) in [6.45, 7) is 9.75. The molecule has 0 aliphatic carbocycles. The minimum absolute atomic E-state index is 0.262. The topological polar surface area (TPSA) is 73.6 Å². The van der Waals surface area contributed by atoms with Crippen LogP contribution in [0.1, 0.15) is 43.5 Å². The molecule has 0 aliphatic heterocycles. The molecule has 21 heavy (non-hydrogen) atoms. The van der Waals surface area contributed by atoms with Crippen molar-refractivity contribution in [1.29, 1.82) is 0 Å². The Morgan fingerprint density at radius 1 is 1.29 bits per heavy atom. The number of carbonyl (C=O) groups excluding carboxylic acids is 1. The van der Waals surface area contributed by atoms with Crippen molar-refractivity contribution in [2.75, 3.05) is 13.7 Å². The second kappa shape index (κ2) is 6.80. The van der Waals surface area contributed by atoms with E-state index in [1.54, 1.807) is 7.11 Å². The highest BCUT2D eigenvalue weighted by molar-refractivity contribution is 5.68. The highest BCUT2D eigenvalue weighted by atomic mass is 16.6. The molecule has 1 atom stereocenters. The van der Waals surface area contributed by atoms with Gasteiger partial charge >= 0.3 is 6.09 Å². The Bertz CT molecular complexity index is 507. The third kappa shape index (κ3) is 4.93. The lowest BCUT2D eigenvalue weighted by molar-refractivity contribution is 0.0505. The second-order valence-corrected chi connectivity index (χ2v) is 6.11. The van der Waals surface area contributed by atoms with E-state index in [1.165, 1.54) is 0 Å². The second-order valence-electron chi connectivity index (χ2n) is 6.11. The van der Waals surface area contributed by atoms with Gasteiger partial charge in [-0.05, 0) is 57.9 Å². The predicted octanol–water partition coefficient (Wildman–Crippen LogP) is 2.84. The number of carbonyl (C=O) groups is 1. The molecule has 1 unspecified atom stereocenters. The predicted molar refractivity (Wildman–Crippen MR) is 83.6 cm³/mol. The zero-order valence-corrected chi connectivity index (χ0v) is 13.7. The molecule has 1 aromatic carbocycles. The van der Waals surface area contributed by atoms with Crippen molar-refractivity contribution in [1.82, 2.24) is 5.32 Å². The molecule has 1 aromatic rings. The molecule has 5 heteroatoms. The molecule has 0 bridgehead atoms. The molecule has 0 aromatic heterocycles. The van der Waals surface area contributed by atoms with Gasteiger partial charge in [-0.25, -0.2) is 4.79 Å². The normalized spacial score (nSPS) is 12.7. The number of alkyl carbamates (subject to hydrolysis) is 1. The molecule has 1 amide bonds. The van der Waals surface area contributed by atoms with Crippen molar-refractivity contribution in [3.05, 3.63) is 28.8 Å². The molecule has 3 N–H and O–H groups in total. The fraction of sp³-hybridized carbons (Fsp3) is 0.562. The van der Waals surface area contributed by atoms with E-state index < -0.39 is 11.7 Å². The van der Waals surface area contributed by atoms with E-state index in [9.17, 15) is 4.79 Å². The lowest BCUT2D eigenvalue weighted by Crippen LogP contribution is -2.38. The number of hydrogen-bond donors (Lipinski definition) is 2. The Hall–Kier alpha value is -1.75. The number of ether oxygens (including phenoxy) is 2. The number of hydrogen-bond acceptors (Lipinski definition) is 4. The van der Waals surface area contributed by atoms with Crippen molar-refractivity contribution < 1.29 is 14.3 Å². The largest absolute Gasteiger partial charge is 0.496 e. The molecule has 0 heterocycles. The van der Waals surface area contributed by atoms with Gasteiger partial charge in [0.1, 0.15) is 11.4 Å².